The number of piperazine rings is 1. The fourth-order valence-corrected chi connectivity index (χ4v) is 2.32. The molecular weight excluding hydrogens is 258 g/mol. The number of aromatic carboxylic acids is 1. The maximum atomic E-state index is 12.0. The number of carbonyl (C=O) groups is 2. The molecule has 0 unspecified atom stereocenters. The van der Waals surface area contributed by atoms with Gasteiger partial charge in [0.2, 0.25) is 5.91 Å². The number of pyridine rings is 1. The average Bonchev–Trinajstić information content (AvgIpc) is 2.41. The van der Waals surface area contributed by atoms with Gasteiger partial charge in [0.25, 0.3) is 0 Å². The van der Waals surface area contributed by atoms with Crippen LogP contribution < -0.4 is 10.2 Å². The van der Waals surface area contributed by atoms with Crippen molar-refractivity contribution in [3.63, 3.8) is 0 Å². The van der Waals surface area contributed by atoms with Crippen LogP contribution >= 0.6 is 0 Å². The molecule has 1 fully saturated rings. The number of amides is 1. The quantitative estimate of drug-likeness (QED) is 0.863. The molecule has 6 heteroatoms. The van der Waals surface area contributed by atoms with E-state index in [-0.39, 0.29) is 11.5 Å². The van der Waals surface area contributed by atoms with E-state index in [1.165, 1.54) is 6.07 Å². The van der Waals surface area contributed by atoms with Crippen molar-refractivity contribution in [1.29, 1.82) is 0 Å². The van der Waals surface area contributed by atoms with Gasteiger partial charge in [-0.15, -0.1) is 0 Å². The molecule has 1 amide bonds. The summed E-state index contributed by atoms with van der Waals surface area (Å²) in [5.41, 5.74) is 0.170. The van der Waals surface area contributed by atoms with Gasteiger partial charge in [0.05, 0.1) is 5.56 Å². The predicted octanol–water partition coefficient (Wildman–Crippen LogP) is 1.06. The molecule has 108 valence electrons. The second-order valence-electron chi connectivity index (χ2n) is 5.33. The van der Waals surface area contributed by atoms with E-state index in [1.54, 1.807) is 6.07 Å². The zero-order chi connectivity index (χ0) is 14.9. The minimum atomic E-state index is -0.984. The molecule has 1 aliphatic heterocycles. The van der Waals surface area contributed by atoms with E-state index in [2.05, 4.69) is 10.3 Å². The van der Waals surface area contributed by atoms with E-state index >= 15 is 0 Å². The molecule has 20 heavy (non-hydrogen) atoms. The number of carboxylic acid groups (broad SMARTS) is 1. The SMILES string of the molecule is CCc1cc(C(=O)O)cc(N2CCNC(=O)C2(C)C)n1. The molecule has 0 bridgehead atoms. The number of anilines is 1. The Bertz CT molecular complexity index is 555. The summed E-state index contributed by atoms with van der Waals surface area (Å²) in [6.45, 7) is 6.68. The lowest BCUT2D eigenvalue weighted by Gasteiger charge is -2.42. The van der Waals surface area contributed by atoms with Crippen LogP contribution in [-0.2, 0) is 11.2 Å². The Morgan fingerprint density at radius 1 is 1.50 bits per heavy atom. The van der Waals surface area contributed by atoms with Gasteiger partial charge in [-0.25, -0.2) is 9.78 Å². The predicted molar refractivity (Wildman–Crippen MR) is 75.0 cm³/mol. The molecule has 0 aliphatic carbocycles. The molecule has 1 aliphatic rings. The van der Waals surface area contributed by atoms with Crippen LogP contribution in [0.1, 0.15) is 36.8 Å². The number of carbonyl (C=O) groups excluding carboxylic acids is 1. The van der Waals surface area contributed by atoms with Crippen molar-refractivity contribution >= 4 is 17.7 Å². The smallest absolute Gasteiger partial charge is 0.335 e. The van der Waals surface area contributed by atoms with Gasteiger partial charge in [-0.3, -0.25) is 4.79 Å². The van der Waals surface area contributed by atoms with Crippen LogP contribution in [0.2, 0.25) is 0 Å². The third kappa shape index (κ3) is 2.45. The minimum absolute atomic E-state index is 0.0793. The molecule has 1 aromatic heterocycles. The number of nitrogens with one attached hydrogen (secondary N) is 1. The summed E-state index contributed by atoms with van der Waals surface area (Å²) >= 11 is 0. The lowest BCUT2D eigenvalue weighted by Crippen LogP contribution is -2.62. The molecule has 0 spiro atoms. The van der Waals surface area contributed by atoms with E-state index in [0.29, 0.717) is 31.0 Å². The van der Waals surface area contributed by atoms with Crippen molar-refractivity contribution in [3.05, 3.63) is 23.4 Å². The number of carboxylic acids is 1. The number of nitrogens with zero attached hydrogens (tertiary/aromatic N) is 2. The lowest BCUT2D eigenvalue weighted by atomic mass is 9.98. The zero-order valence-corrected chi connectivity index (χ0v) is 11.9. The van der Waals surface area contributed by atoms with Crippen LogP contribution in [-0.4, -0.2) is 40.6 Å². The number of rotatable bonds is 3. The van der Waals surface area contributed by atoms with Crippen molar-refractivity contribution in [2.45, 2.75) is 32.7 Å². The molecule has 0 radical (unpaired) electrons. The Labute approximate surface area is 117 Å². The topological polar surface area (TPSA) is 82.5 Å². The molecule has 6 nitrogen and oxygen atoms in total. The summed E-state index contributed by atoms with van der Waals surface area (Å²) in [4.78, 5) is 29.5. The van der Waals surface area contributed by atoms with E-state index in [4.69, 9.17) is 0 Å². The third-order valence-corrected chi connectivity index (χ3v) is 3.60. The minimum Gasteiger partial charge on any atom is -0.478 e. The summed E-state index contributed by atoms with van der Waals surface area (Å²) in [6.07, 6.45) is 0.647. The van der Waals surface area contributed by atoms with Gasteiger partial charge in [-0.2, -0.15) is 0 Å². The second kappa shape index (κ2) is 5.11. The van der Waals surface area contributed by atoms with Crippen LogP contribution in [0, 0.1) is 0 Å². The normalized spacial score (nSPS) is 17.8. The van der Waals surface area contributed by atoms with Gasteiger partial charge in [0, 0.05) is 18.8 Å². The first kappa shape index (κ1) is 14.3. The number of hydrogen-bond acceptors (Lipinski definition) is 4. The fraction of sp³-hybridized carbons (Fsp3) is 0.500. The highest BCUT2D eigenvalue weighted by molar-refractivity contribution is 5.91. The molecule has 2 heterocycles. The van der Waals surface area contributed by atoms with Crippen molar-refractivity contribution in [1.82, 2.24) is 10.3 Å². The monoisotopic (exact) mass is 277 g/mol. The summed E-state index contributed by atoms with van der Waals surface area (Å²) in [5.74, 6) is -0.520. The Kier molecular flexibility index (Phi) is 3.65. The molecular formula is C14H19N3O3. The van der Waals surface area contributed by atoms with E-state index < -0.39 is 11.5 Å². The van der Waals surface area contributed by atoms with Gasteiger partial charge in [0.1, 0.15) is 11.4 Å². The first-order valence-electron chi connectivity index (χ1n) is 6.66. The highest BCUT2D eigenvalue weighted by Gasteiger charge is 2.38. The molecule has 2 rings (SSSR count). The van der Waals surface area contributed by atoms with E-state index in [0.717, 1.165) is 0 Å². The molecule has 0 saturated carbocycles. The van der Waals surface area contributed by atoms with Crippen LogP contribution in [0.15, 0.2) is 12.1 Å². The zero-order valence-electron chi connectivity index (χ0n) is 11.9. The van der Waals surface area contributed by atoms with E-state index in [9.17, 15) is 14.7 Å². The Balaban J connectivity index is 2.48. The Morgan fingerprint density at radius 3 is 2.80 bits per heavy atom. The summed E-state index contributed by atoms with van der Waals surface area (Å²) < 4.78 is 0. The van der Waals surface area contributed by atoms with Crippen LogP contribution in [0.25, 0.3) is 0 Å². The van der Waals surface area contributed by atoms with Crippen molar-refractivity contribution < 1.29 is 14.7 Å². The summed E-state index contributed by atoms with van der Waals surface area (Å²) in [5, 5.41) is 12.0. The van der Waals surface area contributed by atoms with Gasteiger partial charge in [0.15, 0.2) is 0 Å². The number of hydrogen-bond donors (Lipinski definition) is 2. The lowest BCUT2D eigenvalue weighted by molar-refractivity contribution is -0.126. The summed E-state index contributed by atoms with van der Waals surface area (Å²) in [6, 6.07) is 3.10. The highest BCUT2D eigenvalue weighted by Crippen LogP contribution is 2.26. The van der Waals surface area contributed by atoms with Crippen LogP contribution in [0.5, 0.6) is 0 Å². The van der Waals surface area contributed by atoms with Crippen LogP contribution in [0.4, 0.5) is 5.82 Å². The maximum absolute atomic E-state index is 12.0. The van der Waals surface area contributed by atoms with Crippen molar-refractivity contribution in [2.24, 2.45) is 0 Å². The standard InChI is InChI=1S/C14H19N3O3/c1-4-10-7-9(12(18)19)8-11(16-10)17-6-5-15-13(20)14(17,2)3/h7-8H,4-6H2,1-3H3,(H,15,20)(H,18,19). The first-order chi connectivity index (χ1) is 9.36. The van der Waals surface area contributed by atoms with E-state index in [1.807, 2.05) is 25.7 Å². The van der Waals surface area contributed by atoms with Crippen molar-refractivity contribution in [2.75, 3.05) is 18.0 Å². The molecule has 0 aromatic carbocycles. The Morgan fingerprint density at radius 2 is 2.20 bits per heavy atom. The molecule has 0 atom stereocenters. The largest absolute Gasteiger partial charge is 0.478 e. The Hall–Kier alpha value is -2.11. The molecule has 2 N–H and O–H groups in total. The number of aromatic nitrogens is 1. The van der Waals surface area contributed by atoms with Crippen molar-refractivity contribution in [3.8, 4) is 0 Å². The highest BCUT2D eigenvalue weighted by atomic mass is 16.4. The summed E-state index contributed by atoms with van der Waals surface area (Å²) in [7, 11) is 0. The van der Waals surface area contributed by atoms with Gasteiger partial charge < -0.3 is 15.3 Å². The van der Waals surface area contributed by atoms with Gasteiger partial charge >= 0.3 is 5.97 Å². The fourth-order valence-electron chi connectivity index (χ4n) is 2.32. The molecule has 1 saturated heterocycles. The average molecular weight is 277 g/mol. The third-order valence-electron chi connectivity index (χ3n) is 3.60. The van der Waals surface area contributed by atoms with Gasteiger partial charge in [-0.1, -0.05) is 6.92 Å². The molecule has 1 aromatic rings. The first-order valence-corrected chi connectivity index (χ1v) is 6.66. The second-order valence-corrected chi connectivity index (χ2v) is 5.33. The van der Waals surface area contributed by atoms with Crippen LogP contribution in [0.3, 0.4) is 0 Å². The van der Waals surface area contributed by atoms with Gasteiger partial charge in [-0.05, 0) is 32.4 Å². The number of aryl methyl sites for hydroxylation is 1. The maximum Gasteiger partial charge on any atom is 0.335 e.